The first-order chi connectivity index (χ1) is 14.3. The van der Waals surface area contributed by atoms with E-state index in [0.717, 1.165) is 40.6 Å². The van der Waals surface area contributed by atoms with E-state index < -0.39 is 0 Å². The molecule has 0 saturated heterocycles. The van der Waals surface area contributed by atoms with Gasteiger partial charge in [0.05, 0.1) is 35.6 Å². The second-order valence-corrected chi connectivity index (χ2v) is 6.69. The second kappa shape index (κ2) is 9.80. The second-order valence-electron chi connectivity index (χ2n) is 6.69. The van der Waals surface area contributed by atoms with Crippen molar-refractivity contribution >= 4 is 12.1 Å². The molecule has 0 aliphatic rings. The monoisotopic (exact) mass is 410 g/mol. The first-order valence-electron chi connectivity index (χ1n) is 9.66. The number of hydrogen-bond acceptors (Lipinski definition) is 6. The molecule has 3 aromatic rings. The number of nitrogens with zero attached hydrogens (tertiary/aromatic N) is 4. The molecule has 0 radical (unpaired) electrons. The van der Waals surface area contributed by atoms with Crippen LogP contribution in [0.5, 0.6) is 0 Å². The van der Waals surface area contributed by atoms with Gasteiger partial charge in [-0.15, -0.1) is 0 Å². The van der Waals surface area contributed by atoms with Gasteiger partial charge in [-0.3, -0.25) is 0 Å². The Labute approximate surface area is 175 Å². The molecule has 0 amide bonds. The van der Waals surface area contributed by atoms with Gasteiger partial charge in [-0.1, -0.05) is 19.9 Å². The first-order valence-corrected chi connectivity index (χ1v) is 9.66. The minimum atomic E-state index is -0.349. The standard InChI is InChI=1S/C21H26N4O2.CO2/c1-7-18-13(3)14(4)24(22-18)16-10-9-11-17(12-16)25-15(5)20(21(26)27-6)19(8-2)23-25;2-1-3/h9-12H,7-8H2,1-6H3;. The van der Waals surface area contributed by atoms with E-state index in [1.54, 1.807) is 4.68 Å². The Hall–Kier alpha value is -3.51. The predicted molar refractivity (Wildman–Crippen MR) is 110 cm³/mol. The summed E-state index contributed by atoms with van der Waals surface area (Å²) in [5.41, 5.74) is 7.38. The summed E-state index contributed by atoms with van der Waals surface area (Å²) in [6, 6.07) is 8.04. The minimum absolute atomic E-state index is 0.250. The maximum Gasteiger partial charge on any atom is 0.373 e. The van der Waals surface area contributed by atoms with Gasteiger partial charge in [0.15, 0.2) is 0 Å². The third-order valence-electron chi connectivity index (χ3n) is 5.08. The number of carbonyl (C=O) groups excluding carboxylic acids is 3. The van der Waals surface area contributed by atoms with Gasteiger partial charge in [-0.25, -0.2) is 14.2 Å². The number of hydrogen-bond donors (Lipinski definition) is 0. The van der Waals surface area contributed by atoms with Gasteiger partial charge in [0, 0.05) is 5.69 Å². The molecule has 0 saturated carbocycles. The normalized spacial score (nSPS) is 10.2. The lowest BCUT2D eigenvalue weighted by Crippen LogP contribution is -2.06. The van der Waals surface area contributed by atoms with Crippen LogP contribution >= 0.6 is 0 Å². The van der Waals surface area contributed by atoms with Crippen LogP contribution < -0.4 is 0 Å². The molecule has 3 rings (SSSR count). The lowest BCUT2D eigenvalue weighted by Gasteiger charge is -2.09. The van der Waals surface area contributed by atoms with Crippen LogP contribution in [-0.4, -0.2) is 38.8 Å². The summed E-state index contributed by atoms with van der Waals surface area (Å²) in [4.78, 5) is 28.4. The highest BCUT2D eigenvalue weighted by atomic mass is 16.5. The largest absolute Gasteiger partial charge is 0.465 e. The van der Waals surface area contributed by atoms with E-state index in [9.17, 15) is 4.79 Å². The zero-order chi connectivity index (χ0) is 22.4. The molecule has 0 fully saturated rings. The van der Waals surface area contributed by atoms with Gasteiger partial charge >= 0.3 is 12.1 Å². The topological polar surface area (TPSA) is 96.1 Å². The van der Waals surface area contributed by atoms with Crippen molar-refractivity contribution in [3.8, 4) is 11.4 Å². The average molecular weight is 410 g/mol. The molecule has 2 aromatic heterocycles. The fraction of sp³-hybridized carbons (Fsp3) is 0.364. The molecule has 0 aliphatic heterocycles. The summed E-state index contributed by atoms with van der Waals surface area (Å²) < 4.78 is 8.72. The van der Waals surface area contributed by atoms with Crippen molar-refractivity contribution in [3.05, 3.63) is 58.2 Å². The van der Waals surface area contributed by atoms with Crippen molar-refractivity contribution in [2.24, 2.45) is 0 Å². The zero-order valence-electron chi connectivity index (χ0n) is 18.1. The smallest absolute Gasteiger partial charge is 0.373 e. The van der Waals surface area contributed by atoms with Crippen LogP contribution in [0.3, 0.4) is 0 Å². The maximum atomic E-state index is 12.2. The number of ether oxygens (including phenoxy) is 1. The van der Waals surface area contributed by atoms with Gasteiger partial charge in [0.2, 0.25) is 0 Å². The van der Waals surface area contributed by atoms with Crippen molar-refractivity contribution in [1.29, 1.82) is 0 Å². The van der Waals surface area contributed by atoms with Crippen LogP contribution in [0.4, 0.5) is 0 Å². The van der Waals surface area contributed by atoms with Crippen LogP contribution in [0.2, 0.25) is 0 Å². The Morgan fingerprint density at radius 2 is 1.47 bits per heavy atom. The highest BCUT2D eigenvalue weighted by Gasteiger charge is 2.21. The number of methoxy groups -OCH3 is 1. The number of esters is 1. The van der Waals surface area contributed by atoms with Crippen LogP contribution in [0, 0.1) is 20.8 Å². The van der Waals surface area contributed by atoms with E-state index in [0.29, 0.717) is 12.0 Å². The molecule has 2 heterocycles. The number of rotatable bonds is 5. The SMILES string of the molecule is CCc1nn(-c2cccc(-n3nc(CC)c(C(=O)OC)c3C)c2)c(C)c1C.O=C=O. The van der Waals surface area contributed by atoms with E-state index >= 15 is 0 Å². The van der Waals surface area contributed by atoms with E-state index in [2.05, 4.69) is 25.9 Å². The lowest BCUT2D eigenvalue weighted by atomic mass is 10.1. The lowest BCUT2D eigenvalue weighted by molar-refractivity contribution is -0.191. The Morgan fingerprint density at radius 1 is 0.967 bits per heavy atom. The fourth-order valence-electron chi connectivity index (χ4n) is 3.41. The highest BCUT2D eigenvalue weighted by molar-refractivity contribution is 5.92. The number of carbonyl (C=O) groups is 1. The van der Waals surface area contributed by atoms with Crippen LogP contribution in [0.15, 0.2) is 24.3 Å². The summed E-state index contributed by atoms with van der Waals surface area (Å²) in [5, 5.41) is 9.40. The fourth-order valence-corrected chi connectivity index (χ4v) is 3.41. The van der Waals surface area contributed by atoms with Crippen LogP contribution in [0.1, 0.15) is 52.5 Å². The van der Waals surface area contributed by atoms with Gasteiger partial charge in [-0.05, 0) is 57.4 Å². The molecule has 0 unspecified atom stereocenters. The maximum absolute atomic E-state index is 12.2. The molecule has 0 atom stereocenters. The Kier molecular flexibility index (Phi) is 7.44. The molecule has 0 bridgehead atoms. The molecule has 0 N–H and O–H groups in total. The Balaban J connectivity index is 0.00000101. The molecule has 8 nitrogen and oxygen atoms in total. The molecular formula is C22H26N4O4. The van der Waals surface area contributed by atoms with E-state index in [-0.39, 0.29) is 12.1 Å². The quantitative estimate of drug-likeness (QED) is 0.599. The molecule has 8 heteroatoms. The number of aromatic nitrogens is 4. The minimum Gasteiger partial charge on any atom is -0.465 e. The van der Waals surface area contributed by atoms with E-state index in [1.807, 2.05) is 42.8 Å². The van der Waals surface area contributed by atoms with Gasteiger partial charge in [-0.2, -0.15) is 19.8 Å². The summed E-state index contributed by atoms with van der Waals surface area (Å²) in [7, 11) is 1.40. The number of aryl methyl sites for hydroxylation is 2. The van der Waals surface area contributed by atoms with Crippen molar-refractivity contribution in [2.45, 2.75) is 47.5 Å². The summed E-state index contributed by atoms with van der Waals surface area (Å²) in [6.07, 6.45) is 1.81. The predicted octanol–water partition coefficient (Wildman–Crippen LogP) is 3.31. The first kappa shape index (κ1) is 22.8. The summed E-state index contributed by atoms with van der Waals surface area (Å²) >= 11 is 0. The molecule has 1 aromatic carbocycles. The Bertz CT molecular complexity index is 1090. The highest BCUT2D eigenvalue weighted by Crippen LogP contribution is 2.23. The van der Waals surface area contributed by atoms with Gasteiger partial charge in [0.1, 0.15) is 5.56 Å². The Morgan fingerprint density at radius 3 is 1.93 bits per heavy atom. The molecular weight excluding hydrogens is 384 g/mol. The molecule has 30 heavy (non-hydrogen) atoms. The molecule has 0 aliphatic carbocycles. The summed E-state index contributed by atoms with van der Waals surface area (Å²) in [5.74, 6) is -0.349. The third-order valence-corrected chi connectivity index (χ3v) is 5.08. The van der Waals surface area contributed by atoms with E-state index in [4.69, 9.17) is 19.4 Å². The summed E-state index contributed by atoms with van der Waals surface area (Å²) in [6.45, 7) is 10.2. The van der Waals surface area contributed by atoms with E-state index in [1.165, 1.54) is 12.7 Å². The zero-order valence-corrected chi connectivity index (χ0v) is 18.1. The molecule has 0 spiro atoms. The van der Waals surface area contributed by atoms with Gasteiger partial charge in [0.25, 0.3) is 0 Å². The number of benzene rings is 1. The third kappa shape index (κ3) is 4.23. The molecule has 158 valence electrons. The van der Waals surface area contributed by atoms with Crippen LogP contribution in [-0.2, 0) is 27.2 Å². The van der Waals surface area contributed by atoms with Crippen molar-refractivity contribution in [1.82, 2.24) is 19.6 Å². The van der Waals surface area contributed by atoms with Gasteiger partial charge < -0.3 is 4.74 Å². The van der Waals surface area contributed by atoms with Crippen molar-refractivity contribution in [2.75, 3.05) is 7.11 Å². The van der Waals surface area contributed by atoms with Crippen LogP contribution in [0.25, 0.3) is 11.4 Å². The average Bonchev–Trinajstić information content (AvgIpc) is 3.24. The van der Waals surface area contributed by atoms with Crippen molar-refractivity contribution in [3.63, 3.8) is 0 Å². The van der Waals surface area contributed by atoms with Crippen molar-refractivity contribution < 1.29 is 19.1 Å².